The SMILES string of the molecule is Cc1cccc(NC(=O)c2ccc(Nc3ccccc3Cl)cn2)c1. The maximum atomic E-state index is 12.2. The van der Waals surface area contributed by atoms with E-state index in [0.29, 0.717) is 10.7 Å². The Balaban J connectivity index is 1.70. The topological polar surface area (TPSA) is 54.0 Å². The molecule has 2 N–H and O–H groups in total. The zero-order valence-electron chi connectivity index (χ0n) is 13.1. The van der Waals surface area contributed by atoms with Gasteiger partial charge in [0.1, 0.15) is 5.69 Å². The Labute approximate surface area is 145 Å². The number of benzene rings is 2. The van der Waals surface area contributed by atoms with Gasteiger partial charge in [0.2, 0.25) is 0 Å². The molecule has 3 rings (SSSR count). The minimum Gasteiger partial charge on any atom is -0.353 e. The summed E-state index contributed by atoms with van der Waals surface area (Å²) in [6.45, 7) is 1.98. The molecule has 0 atom stereocenters. The normalized spacial score (nSPS) is 10.2. The number of aryl methyl sites for hydroxylation is 1. The molecular formula is C19H16ClN3O. The molecule has 0 aliphatic carbocycles. The summed E-state index contributed by atoms with van der Waals surface area (Å²) in [5, 5.41) is 6.63. The fraction of sp³-hybridized carbons (Fsp3) is 0.0526. The lowest BCUT2D eigenvalue weighted by Gasteiger charge is -2.09. The highest BCUT2D eigenvalue weighted by molar-refractivity contribution is 6.33. The average molecular weight is 338 g/mol. The molecule has 0 aliphatic heterocycles. The van der Waals surface area contributed by atoms with Crippen molar-refractivity contribution >= 4 is 34.6 Å². The van der Waals surface area contributed by atoms with Crippen LogP contribution in [0.25, 0.3) is 0 Å². The number of aromatic nitrogens is 1. The van der Waals surface area contributed by atoms with Gasteiger partial charge in [-0.1, -0.05) is 35.9 Å². The fourth-order valence-corrected chi connectivity index (χ4v) is 2.42. The predicted octanol–water partition coefficient (Wildman–Crippen LogP) is 5.04. The van der Waals surface area contributed by atoms with Gasteiger partial charge in [-0.2, -0.15) is 0 Å². The van der Waals surface area contributed by atoms with Crippen LogP contribution in [0, 0.1) is 6.92 Å². The third kappa shape index (κ3) is 3.91. The van der Waals surface area contributed by atoms with Crippen LogP contribution in [-0.4, -0.2) is 10.9 Å². The first-order valence-electron chi connectivity index (χ1n) is 7.47. The molecule has 24 heavy (non-hydrogen) atoms. The number of anilines is 3. The van der Waals surface area contributed by atoms with E-state index in [4.69, 9.17) is 11.6 Å². The maximum absolute atomic E-state index is 12.2. The Morgan fingerprint density at radius 1 is 1.00 bits per heavy atom. The summed E-state index contributed by atoms with van der Waals surface area (Å²) in [4.78, 5) is 16.4. The molecule has 1 heterocycles. The molecule has 0 saturated carbocycles. The molecule has 4 nitrogen and oxygen atoms in total. The van der Waals surface area contributed by atoms with Crippen LogP contribution in [-0.2, 0) is 0 Å². The zero-order chi connectivity index (χ0) is 16.9. The standard InChI is InChI=1S/C19H16ClN3O/c1-13-5-4-6-14(11-13)23-19(24)18-10-9-15(12-21-18)22-17-8-3-2-7-16(17)20/h2-12,22H,1H3,(H,23,24). The van der Waals surface area contributed by atoms with Gasteiger partial charge in [-0.15, -0.1) is 0 Å². The van der Waals surface area contributed by atoms with Crippen molar-refractivity contribution in [3.05, 3.63) is 83.1 Å². The van der Waals surface area contributed by atoms with Crippen LogP contribution in [0.5, 0.6) is 0 Å². The summed E-state index contributed by atoms with van der Waals surface area (Å²) in [6.07, 6.45) is 1.61. The number of carbonyl (C=O) groups is 1. The predicted molar refractivity (Wildman–Crippen MR) is 98.1 cm³/mol. The largest absolute Gasteiger partial charge is 0.353 e. The molecule has 5 heteroatoms. The molecule has 0 radical (unpaired) electrons. The fourth-order valence-electron chi connectivity index (χ4n) is 2.24. The van der Waals surface area contributed by atoms with E-state index in [-0.39, 0.29) is 5.91 Å². The van der Waals surface area contributed by atoms with Crippen LogP contribution in [0.1, 0.15) is 16.1 Å². The third-order valence-corrected chi connectivity index (χ3v) is 3.75. The summed E-state index contributed by atoms with van der Waals surface area (Å²) >= 11 is 6.11. The Bertz CT molecular complexity index is 862. The number of halogens is 1. The molecule has 0 aliphatic rings. The van der Waals surface area contributed by atoms with Crippen molar-refractivity contribution < 1.29 is 4.79 Å². The van der Waals surface area contributed by atoms with Crippen molar-refractivity contribution in [1.29, 1.82) is 0 Å². The van der Waals surface area contributed by atoms with E-state index in [2.05, 4.69) is 15.6 Å². The van der Waals surface area contributed by atoms with E-state index >= 15 is 0 Å². The van der Waals surface area contributed by atoms with E-state index < -0.39 is 0 Å². The number of nitrogens with zero attached hydrogens (tertiary/aromatic N) is 1. The second-order valence-corrected chi connectivity index (χ2v) is 5.77. The summed E-state index contributed by atoms with van der Waals surface area (Å²) < 4.78 is 0. The monoisotopic (exact) mass is 337 g/mol. The van der Waals surface area contributed by atoms with Gasteiger partial charge >= 0.3 is 0 Å². The Hall–Kier alpha value is -2.85. The highest BCUT2D eigenvalue weighted by Gasteiger charge is 2.08. The van der Waals surface area contributed by atoms with Crippen molar-refractivity contribution in [2.75, 3.05) is 10.6 Å². The number of amides is 1. The summed E-state index contributed by atoms with van der Waals surface area (Å²) in [5.41, 5.74) is 3.73. The molecular weight excluding hydrogens is 322 g/mol. The molecule has 0 bridgehead atoms. The molecule has 0 fully saturated rings. The highest BCUT2D eigenvalue weighted by atomic mass is 35.5. The molecule has 0 saturated heterocycles. The number of carbonyl (C=O) groups excluding carboxylic acids is 1. The van der Waals surface area contributed by atoms with Gasteiger partial charge in [-0.05, 0) is 48.9 Å². The van der Waals surface area contributed by atoms with E-state index in [9.17, 15) is 4.79 Å². The number of nitrogens with one attached hydrogen (secondary N) is 2. The van der Waals surface area contributed by atoms with Crippen LogP contribution in [0.15, 0.2) is 66.9 Å². The first kappa shape index (κ1) is 16.0. The molecule has 3 aromatic rings. The number of hydrogen-bond acceptors (Lipinski definition) is 3. The van der Waals surface area contributed by atoms with Gasteiger partial charge in [0.25, 0.3) is 5.91 Å². The molecule has 0 unspecified atom stereocenters. The van der Waals surface area contributed by atoms with Crippen LogP contribution >= 0.6 is 11.6 Å². The van der Waals surface area contributed by atoms with Crippen LogP contribution in [0.3, 0.4) is 0 Å². The van der Waals surface area contributed by atoms with E-state index in [1.54, 1.807) is 24.4 Å². The quantitative estimate of drug-likeness (QED) is 0.701. The molecule has 0 spiro atoms. The van der Waals surface area contributed by atoms with E-state index in [0.717, 1.165) is 22.6 Å². The summed E-state index contributed by atoms with van der Waals surface area (Å²) in [6, 6.07) is 18.5. The van der Waals surface area contributed by atoms with Crippen molar-refractivity contribution in [3.63, 3.8) is 0 Å². The first-order chi connectivity index (χ1) is 11.6. The molecule has 120 valence electrons. The molecule has 1 aromatic heterocycles. The Morgan fingerprint density at radius 2 is 1.83 bits per heavy atom. The van der Waals surface area contributed by atoms with Gasteiger partial charge in [0.05, 0.1) is 22.6 Å². The smallest absolute Gasteiger partial charge is 0.274 e. The van der Waals surface area contributed by atoms with Crippen molar-refractivity contribution in [3.8, 4) is 0 Å². The molecule has 1 amide bonds. The first-order valence-corrected chi connectivity index (χ1v) is 7.85. The zero-order valence-corrected chi connectivity index (χ0v) is 13.8. The Morgan fingerprint density at radius 3 is 2.54 bits per heavy atom. The third-order valence-electron chi connectivity index (χ3n) is 3.42. The van der Waals surface area contributed by atoms with Crippen LogP contribution in [0.4, 0.5) is 17.1 Å². The summed E-state index contributed by atoms with van der Waals surface area (Å²) in [7, 11) is 0. The number of pyridine rings is 1. The van der Waals surface area contributed by atoms with E-state index in [1.165, 1.54) is 0 Å². The second-order valence-electron chi connectivity index (χ2n) is 5.36. The van der Waals surface area contributed by atoms with Gasteiger partial charge in [0, 0.05) is 5.69 Å². The van der Waals surface area contributed by atoms with Crippen molar-refractivity contribution in [1.82, 2.24) is 4.98 Å². The Kier molecular flexibility index (Phi) is 4.77. The van der Waals surface area contributed by atoms with Crippen molar-refractivity contribution in [2.24, 2.45) is 0 Å². The molecule has 2 aromatic carbocycles. The highest BCUT2D eigenvalue weighted by Crippen LogP contribution is 2.24. The summed E-state index contributed by atoms with van der Waals surface area (Å²) in [5.74, 6) is -0.245. The van der Waals surface area contributed by atoms with Crippen LogP contribution < -0.4 is 10.6 Å². The van der Waals surface area contributed by atoms with Gasteiger partial charge in [-0.3, -0.25) is 4.79 Å². The van der Waals surface area contributed by atoms with Gasteiger partial charge in [0.15, 0.2) is 0 Å². The maximum Gasteiger partial charge on any atom is 0.274 e. The minimum absolute atomic E-state index is 0.245. The van der Waals surface area contributed by atoms with Gasteiger partial charge in [-0.25, -0.2) is 4.98 Å². The number of para-hydroxylation sites is 1. The lowest BCUT2D eigenvalue weighted by molar-refractivity contribution is 0.102. The number of rotatable bonds is 4. The lowest BCUT2D eigenvalue weighted by atomic mass is 10.2. The minimum atomic E-state index is -0.245. The van der Waals surface area contributed by atoms with E-state index in [1.807, 2.05) is 49.4 Å². The van der Waals surface area contributed by atoms with Crippen molar-refractivity contribution in [2.45, 2.75) is 6.92 Å². The van der Waals surface area contributed by atoms with Gasteiger partial charge < -0.3 is 10.6 Å². The van der Waals surface area contributed by atoms with Crippen LogP contribution in [0.2, 0.25) is 5.02 Å². The average Bonchev–Trinajstić information content (AvgIpc) is 2.57. The second kappa shape index (κ2) is 7.15. The number of hydrogen-bond donors (Lipinski definition) is 2. The lowest BCUT2D eigenvalue weighted by Crippen LogP contribution is -2.13.